The fourth-order valence-corrected chi connectivity index (χ4v) is 2.56. The molecule has 0 saturated carbocycles. The van der Waals surface area contributed by atoms with E-state index in [2.05, 4.69) is 18.2 Å². The van der Waals surface area contributed by atoms with Crippen LogP contribution in [-0.2, 0) is 24.1 Å². The number of hydrazine groups is 1. The maximum atomic E-state index is 11.3. The quantitative estimate of drug-likeness (QED) is 0.375. The Hall–Kier alpha value is -1.35. The number of carbonyl (C=O) groups excluding carboxylic acids is 1. The number of hydrogen-bond acceptors (Lipinski definition) is 2. The Morgan fingerprint density at radius 2 is 2.06 bits per heavy atom. The first-order valence-electron chi connectivity index (χ1n) is 6.79. The molecule has 0 aliphatic heterocycles. The first kappa shape index (κ1) is 13.1. The number of benzene rings is 1. The number of carbonyl (C=O) groups is 1. The van der Waals surface area contributed by atoms with Crippen molar-refractivity contribution < 1.29 is 4.79 Å². The molecule has 0 spiro atoms. The summed E-state index contributed by atoms with van der Waals surface area (Å²) >= 11 is 0. The van der Waals surface area contributed by atoms with Crippen LogP contribution in [0.1, 0.15) is 42.4 Å². The van der Waals surface area contributed by atoms with Gasteiger partial charge in [-0.1, -0.05) is 18.2 Å². The smallest absolute Gasteiger partial charge is 0.236 e. The van der Waals surface area contributed by atoms with E-state index in [1.165, 1.54) is 41.0 Å². The average molecular weight is 246 g/mol. The van der Waals surface area contributed by atoms with E-state index < -0.39 is 0 Å². The summed E-state index contributed by atoms with van der Waals surface area (Å²) < 4.78 is 0. The zero-order valence-corrected chi connectivity index (χ0v) is 11.1. The van der Waals surface area contributed by atoms with Gasteiger partial charge < -0.3 is 0 Å². The van der Waals surface area contributed by atoms with Crippen molar-refractivity contribution in [2.75, 3.05) is 7.05 Å². The van der Waals surface area contributed by atoms with Crippen LogP contribution in [0.2, 0.25) is 0 Å². The summed E-state index contributed by atoms with van der Waals surface area (Å²) in [6.45, 7) is 0. The molecule has 18 heavy (non-hydrogen) atoms. The molecule has 98 valence electrons. The first-order chi connectivity index (χ1) is 8.66. The van der Waals surface area contributed by atoms with Crippen molar-refractivity contribution in [2.24, 2.45) is 5.84 Å². The maximum Gasteiger partial charge on any atom is 0.236 e. The second kappa shape index (κ2) is 6.01. The van der Waals surface area contributed by atoms with Gasteiger partial charge in [0.05, 0.1) is 0 Å². The van der Waals surface area contributed by atoms with Crippen molar-refractivity contribution in [2.45, 2.75) is 44.9 Å². The standard InChI is InChI=1S/C15H22N2O/c1-17(16)15(18)8-3-2-5-12-9-10-13-6-4-7-14(13)11-12/h9-11H,2-8,16H2,1H3. The van der Waals surface area contributed by atoms with E-state index in [0.29, 0.717) is 6.42 Å². The van der Waals surface area contributed by atoms with Crippen molar-refractivity contribution in [3.8, 4) is 0 Å². The Kier molecular flexibility index (Phi) is 4.37. The van der Waals surface area contributed by atoms with Crippen LogP contribution in [0.4, 0.5) is 0 Å². The number of hydrogen-bond donors (Lipinski definition) is 1. The summed E-state index contributed by atoms with van der Waals surface area (Å²) in [5.74, 6) is 5.39. The van der Waals surface area contributed by atoms with Crippen LogP contribution >= 0.6 is 0 Å². The monoisotopic (exact) mass is 246 g/mol. The van der Waals surface area contributed by atoms with E-state index in [-0.39, 0.29) is 5.91 Å². The van der Waals surface area contributed by atoms with Gasteiger partial charge in [0, 0.05) is 13.5 Å². The highest BCUT2D eigenvalue weighted by Gasteiger charge is 2.10. The van der Waals surface area contributed by atoms with Crippen LogP contribution in [0.25, 0.3) is 0 Å². The maximum absolute atomic E-state index is 11.3. The summed E-state index contributed by atoms with van der Waals surface area (Å²) in [4.78, 5) is 11.3. The number of aryl methyl sites for hydroxylation is 3. The topological polar surface area (TPSA) is 46.3 Å². The fourth-order valence-electron chi connectivity index (χ4n) is 2.56. The van der Waals surface area contributed by atoms with Gasteiger partial charge in [0.25, 0.3) is 0 Å². The highest BCUT2D eigenvalue weighted by molar-refractivity contribution is 5.75. The van der Waals surface area contributed by atoms with Gasteiger partial charge in [-0.2, -0.15) is 0 Å². The second-order valence-corrected chi connectivity index (χ2v) is 5.17. The average Bonchev–Trinajstić information content (AvgIpc) is 2.81. The van der Waals surface area contributed by atoms with E-state index >= 15 is 0 Å². The number of nitrogens with zero attached hydrogens (tertiary/aromatic N) is 1. The van der Waals surface area contributed by atoms with Crippen LogP contribution in [0.15, 0.2) is 18.2 Å². The van der Waals surface area contributed by atoms with Gasteiger partial charge in [0.2, 0.25) is 5.91 Å². The lowest BCUT2D eigenvalue weighted by Crippen LogP contribution is -2.32. The van der Waals surface area contributed by atoms with E-state index in [0.717, 1.165) is 19.3 Å². The van der Waals surface area contributed by atoms with Gasteiger partial charge in [0.15, 0.2) is 0 Å². The summed E-state index contributed by atoms with van der Waals surface area (Å²) in [6.07, 6.45) is 7.37. The SMILES string of the molecule is CN(N)C(=O)CCCCc1ccc2c(c1)CCC2. The van der Waals surface area contributed by atoms with Gasteiger partial charge in [-0.3, -0.25) is 9.80 Å². The summed E-state index contributed by atoms with van der Waals surface area (Å²) in [6, 6.07) is 6.86. The van der Waals surface area contributed by atoms with Crippen LogP contribution in [-0.4, -0.2) is 18.0 Å². The van der Waals surface area contributed by atoms with Crippen molar-refractivity contribution in [3.05, 3.63) is 34.9 Å². The number of amides is 1. The number of rotatable bonds is 5. The van der Waals surface area contributed by atoms with Crippen molar-refractivity contribution >= 4 is 5.91 Å². The molecular formula is C15H22N2O. The molecule has 1 aromatic rings. The van der Waals surface area contributed by atoms with Crippen LogP contribution in [0.3, 0.4) is 0 Å². The number of nitrogens with two attached hydrogens (primary N) is 1. The zero-order chi connectivity index (χ0) is 13.0. The van der Waals surface area contributed by atoms with E-state index in [4.69, 9.17) is 5.84 Å². The minimum absolute atomic E-state index is 0.0175. The normalized spacial score (nSPS) is 13.4. The third-order valence-electron chi connectivity index (χ3n) is 3.66. The highest BCUT2D eigenvalue weighted by atomic mass is 16.2. The zero-order valence-electron chi connectivity index (χ0n) is 11.1. The lowest BCUT2D eigenvalue weighted by Gasteiger charge is -2.09. The van der Waals surface area contributed by atoms with Gasteiger partial charge in [-0.05, 0) is 55.2 Å². The number of unbranched alkanes of at least 4 members (excludes halogenated alkanes) is 1. The fraction of sp³-hybridized carbons (Fsp3) is 0.533. The first-order valence-corrected chi connectivity index (χ1v) is 6.79. The summed E-state index contributed by atoms with van der Waals surface area (Å²) in [5, 5.41) is 1.18. The largest absolute Gasteiger partial charge is 0.284 e. The Morgan fingerprint density at radius 3 is 2.83 bits per heavy atom. The van der Waals surface area contributed by atoms with E-state index in [1.807, 2.05) is 0 Å². The Labute approximate surface area is 109 Å². The summed E-state index contributed by atoms with van der Waals surface area (Å²) in [5.41, 5.74) is 4.47. The van der Waals surface area contributed by atoms with Crippen LogP contribution < -0.4 is 5.84 Å². The highest BCUT2D eigenvalue weighted by Crippen LogP contribution is 2.23. The Morgan fingerprint density at radius 1 is 1.28 bits per heavy atom. The van der Waals surface area contributed by atoms with Crippen molar-refractivity contribution in [3.63, 3.8) is 0 Å². The molecule has 1 aliphatic rings. The van der Waals surface area contributed by atoms with E-state index in [9.17, 15) is 4.79 Å². The predicted octanol–water partition coefficient (Wildman–Crippen LogP) is 2.22. The minimum atomic E-state index is 0.0175. The third kappa shape index (κ3) is 3.33. The van der Waals surface area contributed by atoms with Gasteiger partial charge in [0.1, 0.15) is 0 Å². The van der Waals surface area contributed by atoms with Crippen molar-refractivity contribution in [1.82, 2.24) is 5.01 Å². The molecular weight excluding hydrogens is 224 g/mol. The third-order valence-corrected chi connectivity index (χ3v) is 3.66. The lowest BCUT2D eigenvalue weighted by molar-refractivity contribution is -0.130. The lowest BCUT2D eigenvalue weighted by atomic mass is 10.0. The van der Waals surface area contributed by atoms with Crippen molar-refractivity contribution in [1.29, 1.82) is 0 Å². The molecule has 0 saturated heterocycles. The molecule has 0 heterocycles. The molecule has 3 heteroatoms. The molecule has 0 radical (unpaired) electrons. The van der Waals surface area contributed by atoms with Crippen LogP contribution in [0, 0.1) is 0 Å². The Balaban J connectivity index is 1.75. The number of fused-ring (bicyclic) bond motifs is 1. The summed E-state index contributed by atoms with van der Waals surface area (Å²) in [7, 11) is 1.60. The second-order valence-electron chi connectivity index (χ2n) is 5.17. The van der Waals surface area contributed by atoms with E-state index in [1.54, 1.807) is 7.05 Å². The van der Waals surface area contributed by atoms with Gasteiger partial charge in [-0.15, -0.1) is 0 Å². The molecule has 2 N–H and O–H groups in total. The minimum Gasteiger partial charge on any atom is -0.284 e. The molecule has 0 atom stereocenters. The molecule has 0 fully saturated rings. The molecule has 0 bridgehead atoms. The molecule has 1 aromatic carbocycles. The molecule has 0 unspecified atom stereocenters. The predicted molar refractivity (Wildman–Crippen MR) is 73.0 cm³/mol. The van der Waals surface area contributed by atoms with Crippen LogP contribution in [0.5, 0.6) is 0 Å². The molecule has 1 aliphatic carbocycles. The molecule has 2 rings (SSSR count). The molecule has 0 aromatic heterocycles. The molecule has 1 amide bonds. The van der Waals surface area contributed by atoms with Gasteiger partial charge in [-0.25, -0.2) is 5.84 Å². The molecule has 3 nitrogen and oxygen atoms in total. The van der Waals surface area contributed by atoms with Gasteiger partial charge >= 0.3 is 0 Å². The Bertz CT molecular complexity index is 427.